The first kappa shape index (κ1) is 13.8. The van der Waals surface area contributed by atoms with Crippen molar-refractivity contribution in [3.8, 4) is 0 Å². The van der Waals surface area contributed by atoms with E-state index < -0.39 is 5.97 Å². The van der Waals surface area contributed by atoms with Gasteiger partial charge in [-0.3, -0.25) is 0 Å². The molecular formula is C13H15BrO3. The Hall–Kier alpha value is -1.29. The molecule has 0 saturated heterocycles. The second kappa shape index (κ2) is 6.45. The highest BCUT2D eigenvalue weighted by Crippen LogP contribution is 2.12. The maximum atomic E-state index is 11.7. The molecule has 0 fully saturated rings. The predicted octanol–water partition coefficient (Wildman–Crippen LogP) is 3.96. The molecule has 0 atom stereocenters. The van der Waals surface area contributed by atoms with Crippen LogP contribution in [0.2, 0.25) is 0 Å². The molecule has 0 aliphatic carbocycles. The van der Waals surface area contributed by atoms with E-state index in [0.717, 1.165) is 10.0 Å². The molecule has 0 radical (unpaired) electrons. The summed E-state index contributed by atoms with van der Waals surface area (Å²) in [5, 5.41) is 0. The minimum Gasteiger partial charge on any atom is -0.460 e. The SMILES string of the molecule is CCOC(=O)c1oc(C)ccc(Br)ccc1C. The standard InChI is InChI=1S/C13H15BrO3/c1-4-16-13(15)12-9(2)5-7-11(14)8-6-10(3)17-12/h5-8H,4H2,1-3H3. The summed E-state index contributed by atoms with van der Waals surface area (Å²) < 4.78 is 11.4. The molecule has 4 heteroatoms. The van der Waals surface area contributed by atoms with Gasteiger partial charge in [-0.2, -0.15) is 0 Å². The number of halogens is 1. The Morgan fingerprint density at radius 2 is 1.94 bits per heavy atom. The van der Waals surface area contributed by atoms with Gasteiger partial charge in [0.25, 0.3) is 0 Å². The summed E-state index contributed by atoms with van der Waals surface area (Å²) in [5.74, 6) is 0.418. The monoisotopic (exact) mass is 298 g/mol. The van der Waals surface area contributed by atoms with Crippen LogP contribution in [0.3, 0.4) is 0 Å². The molecule has 0 unspecified atom stereocenters. The number of rotatable bonds is 2. The fraction of sp³-hybridized carbons (Fsp3) is 0.308. The van der Waals surface area contributed by atoms with Gasteiger partial charge in [0.2, 0.25) is 5.76 Å². The summed E-state index contributed by atoms with van der Waals surface area (Å²) in [6.07, 6.45) is 0. The lowest BCUT2D eigenvalue weighted by Crippen LogP contribution is -2.05. The molecule has 0 saturated carbocycles. The van der Waals surface area contributed by atoms with Crippen LogP contribution >= 0.6 is 15.9 Å². The summed E-state index contributed by atoms with van der Waals surface area (Å²) in [6, 6.07) is 7.30. The van der Waals surface area contributed by atoms with Crippen LogP contribution in [-0.4, -0.2) is 12.6 Å². The van der Waals surface area contributed by atoms with Gasteiger partial charge < -0.3 is 9.15 Å². The third-order valence-corrected chi connectivity index (χ3v) is 2.58. The summed E-state index contributed by atoms with van der Waals surface area (Å²) in [6.45, 7) is 5.68. The van der Waals surface area contributed by atoms with Gasteiger partial charge in [0, 0.05) is 4.47 Å². The van der Waals surface area contributed by atoms with Crippen LogP contribution in [0, 0.1) is 13.8 Å². The summed E-state index contributed by atoms with van der Waals surface area (Å²) in [5.41, 5.74) is 0.725. The van der Waals surface area contributed by atoms with Crippen molar-refractivity contribution in [3.05, 3.63) is 45.8 Å². The molecule has 1 heterocycles. The van der Waals surface area contributed by atoms with Crippen LogP contribution in [0.5, 0.6) is 0 Å². The van der Waals surface area contributed by atoms with E-state index in [0.29, 0.717) is 12.4 Å². The quantitative estimate of drug-likeness (QED) is 0.776. The first-order valence-electron chi connectivity index (χ1n) is 5.32. The molecule has 0 amide bonds. The van der Waals surface area contributed by atoms with Crippen molar-refractivity contribution >= 4 is 21.9 Å². The number of aryl methyl sites for hydroxylation is 2. The predicted molar refractivity (Wildman–Crippen MR) is 69.5 cm³/mol. The number of hydrogen-bond donors (Lipinski definition) is 0. The van der Waals surface area contributed by atoms with Gasteiger partial charge in [0.15, 0.2) is 0 Å². The lowest BCUT2D eigenvalue weighted by Gasteiger charge is -2.02. The summed E-state index contributed by atoms with van der Waals surface area (Å²) in [4.78, 5) is 11.7. The van der Waals surface area contributed by atoms with E-state index in [-0.39, 0.29) is 5.76 Å². The first-order chi connectivity index (χ1) is 8.04. The van der Waals surface area contributed by atoms with Crippen LogP contribution < -0.4 is 0 Å². The number of carbonyl (C=O) groups is 1. The van der Waals surface area contributed by atoms with Gasteiger partial charge in [0.1, 0.15) is 5.76 Å². The van der Waals surface area contributed by atoms with Crippen LogP contribution in [0.15, 0.2) is 33.2 Å². The van der Waals surface area contributed by atoms with Crippen LogP contribution in [0.4, 0.5) is 0 Å². The number of hydrogen-bond acceptors (Lipinski definition) is 3. The van der Waals surface area contributed by atoms with Crippen molar-refractivity contribution in [1.29, 1.82) is 0 Å². The maximum absolute atomic E-state index is 11.7. The second-order valence-electron chi connectivity index (χ2n) is 3.50. The zero-order valence-electron chi connectivity index (χ0n) is 10.1. The highest BCUT2D eigenvalue weighted by Gasteiger charge is 2.11. The lowest BCUT2D eigenvalue weighted by atomic mass is 10.2. The average Bonchev–Trinajstić information content (AvgIpc) is 2.35. The number of carbonyl (C=O) groups excluding carboxylic acids is 1. The number of esters is 1. The minimum atomic E-state index is -0.444. The topological polar surface area (TPSA) is 39.4 Å². The van der Waals surface area contributed by atoms with E-state index >= 15 is 0 Å². The fourth-order valence-electron chi connectivity index (χ4n) is 1.21. The Morgan fingerprint density at radius 3 is 2.59 bits per heavy atom. The van der Waals surface area contributed by atoms with Gasteiger partial charge in [0.05, 0.1) is 6.61 Å². The van der Waals surface area contributed by atoms with Crippen molar-refractivity contribution in [2.75, 3.05) is 6.61 Å². The average molecular weight is 299 g/mol. The highest BCUT2D eigenvalue weighted by atomic mass is 79.9. The van der Waals surface area contributed by atoms with E-state index in [1.807, 2.05) is 19.1 Å². The second-order valence-corrected chi connectivity index (χ2v) is 4.41. The molecule has 1 rings (SSSR count). The Kier molecular flexibility index (Phi) is 5.22. The minimum absolute atomic E-state index is 0.229. The smallest absolute Gasteiger partial charge is 0.374 e. The van der Waals surface area contributed by atoms with Crippen LogP contribution in [0.25, 0.3) is 0 Å². The molecule has 0 aromatic carbocycles. The Labute approximate surface area is 109 Å². The largest absolute Gasteiger partial charge is 0.460 e. The van der Waals surface area contributed by atoms with E-state index in [4.69, 9.17) is 9.15 Å². The summed E-state index contributed by atoms with van der Waals surface area (Å²) in [7, 11) is 0. The molecule has 17 heavy (non-hydrogen) atoms. The van der Waals surface area contributed by atoms with E-state index in [9.17, 15) is 4.79 Å². The van der Waals surface area contributed by atoms with Crippen molar-refractivity contribution < 1.29 is 13.9 Å². The van der Waals surface area contributed by atoms with Crippen LogP contribution in [0.1, 0.15) is 28.8 Å². The molecule has 1 aromatic heterocycles. The zero-order valence-corrected chi connectivity index (χ0v) is 11.7. The van der Waals surface area contributed by atoms with Crippen molar-refractivity contribution in [1.82, 2.24) is 0 Å². The molecule has 92 valence electrons. The van der Waals surface area contributed by atoms with Gasteiger partial charge in [-0.25, -0.2) is 4.79 Å². The summed E-state index contributed by atoms with van der Waals surface area (Å²) >= 11 is 3.39. The van der Waals surface area contributed by atoms with E-state index in [1.54, 1.807) is 26.0 Å². The van der Waals surface area contributed by atoms with E-state index in [1.165, 1.54) is 0 Å². The molecule has 0 aliphatic rings. The van der Waals surface area contributed by atoms with Gasteiger partial charge in [-0.05, 0) is 44.5 Å². The third kappa shape index (κ3) is 4.23. The molecule has 3 nitrogen and oxygen atoms in total. The van der Waals surface area contributed by atoms with Crippen molar-refractivity contribution in [3.63, 3.8) is 0 Å². The Balaban J connectivity index is 3.40. The molecule has 1 aromatic rings. The Morgan fingerprint density at radius 1 is 1.29 bits per heavy atom. The number of ether oxygens (including phenoxy) is 1. The van der Waals surface area contributed by atoms with Crippen molar-refractivity contribution in [2.24, 2.45) is 0 Å². The molecule has 0 spiro atoms. The van der Waals surface area contributed by atoms with Crippen LogP contribution in [-0.2, 0) is 4.74 Å². The lowest BCUT2D eigenvalue weighted by molar-refractivity contribution is 0.0484. The molecule has 0 aliphatic heterocycles. The fourth-order valence-corrected chi connectivity index (χ4v) is 1.47. The molecular weight excluding hydrogens is 284 g/mol. The molecule has 0 bridgehead atoms. The highest BCUT2D eigenvalue weighted by molar-refractivity contribution is 9.10. The van der Waals surface area contributed by atoms with Crippen molar-refractivity contribution in [2.45, 2.75) is 20.8 Å². The van der Waals surface area contributed by atoms with Gasteiger partial charge in [-0.15, -0.1) is 0 Å². The first-order valence-corrected chi connectivity index (χ1v) is 6.12. The van der Waals surface area contributed by atoms with Gasteiger partial charge in [-0.1, -0.05) is 22.0 Å². The zero-order chi connectivity index (χ0) is 12.8. The van der Waals surface area contributed by atoms with E-state index in [2.05, 4.69) is 15.9 Å². The molecule has 0 N–H and O–H groups in total. The van der Waals surface area contributed by atoms with Gasteiger partial charge >= 0.3 is 5.97 Å². The third-order valence-electron chi connectivity index (χ3n) is 2.05. The normalized spacial score (nSPS) is 9.65. The maximum Gasteiger partial charge on any atom is 0.374 e. The Bertz CT molecular complexity index is 462.